The fourth-order valence-corrected chi connectivity index (χ4v) is 4.63. The third-order valence-electron chi connectivity index (χ3n) is 6.84. The van der Waals surface area contributed by atoms with E-state index in [-0.39, 0.29) is 11.1 Å². The van der Waals surface area contributed by atoms with Gasteiger partial charge in [0.25, 0.3) is 17.1 Å². The molecule has 0 spiro atoms. The van der Waals surface area contributed by atoms with Crippen LogP contribution >= 0.6 is 0 Å². The monoisotopic (exact) mass is 559 g/mol. The lowest BCUT2D eigenvalue weighted by atomic mass is 10.00. The first-order chi connectivity index (χ1) is 19.6. The minimum absolute atomic E-state index is 0.324. The highest BCUT2D eigenvalue weighted by Gasteiger charge is 2.34. The standard InChI is InChI=1S/C30H33N5O6/c1-5-31(6-2)24-15-9-22(10-16-24)13-19-26-28(33(36)37)21-29(34(38)39)27(30(26)35(40)41)20-14-23-11-17-25(18-12-23)32(7-3)8-4/h9-21H,5-8H2,1-4H3. The average Bonchev–Trinajstić information content (AvgIpc) is 2.96. The van der Waals surface area contributed by atoms with Crippen molar-refractivity contribution >= 4 is 52.7 Å². The second-order valence-corrected chi connectivity index (χ2v) is 9.06. The zero-order valence-electron chi connectivity index (χ0n) is 23.5. The number of hydrogen-bond acceptors (Lipinski definition) is 8. The number of anilines is 2. The molecular formula is C30H33N5O6. The predicted molar refractivity (Wildman–Crippen MR) is 164 cm³/mol. The second-order valence-electron chi connectivity index (χ2n) is 9.06. The Balaban J connectivity index is 2.13. The predicted octanol–water partition coefficient (Wildman–Crippen LogP) is 7.44. The summed E-state index contributed by atoms with van der Waals surface area (Å²) in [6.07, 6.45) is 5.57. The fourth-order valence-electron chi connectivity index (χ4n) is 4.63. The number of nitro groups is 3. The number of nitro benzene ring substituents is 3. The molecule has 11 heteroatoms. The van der Waals surface area contributed by atoms with Gasteiger partial charge in [-0.15, -0.1) is 0 Å². The van der Waals surface area contributed by atoms with Crippen LogP contribution < -0.4 is 9.80 Å². The summed E-state index contributed by atoms with van der Waals surface area (Å²) in [5.74, 6) is 0. The van der Waals surface area contributed by atoms with Crippen molar-refractivity contribution in [2.75, 3.05) is 36.0 Å². The molecule has 0 aliphatic carbocycles. The molecule has 0 heterocycles. The third kappa shape index (κ3) is 7.13. The number of hydrogen-bond donors (Lipinski definition) is 0. The average molecular weight is 560 g/mol. The molecule has 0 radical (unpaired) electrons. The molecule has 214 valence electrons. The minimum atomic E-state index is -0.845. The maximum Gasteiger partial charge on any atom is 0.297 e. The van der Waals surface area contributed by atoms with E-state index in [1.807, 2.05) is 52.0 Å². The van der Waals surface area contributed by atoms with E-state index in [4.69, 9.17) is 0 Å². The SMILES string of the molecule is CCN(CC)c1ccc(C=Cc2c([N+](=O)[O-])cc([N+](=O)[O-])c(C=Cc3ccc(N(CC)CC)cc3)c2[N+](=O)[O-])cc1. The quantitative estimate of drug-likeness (QED) is 0.120. The molecule has 0 atom stereocenters. The maximum absolute atomic E-state index is 12.3. The minimum Gasteiger partial charge on any atom is -0.372 e. The van der Waals surface area contributed by atoms with Crippen LogP contribution in [0.4, 0.5) is 28.4 Å². The van der Waals surface area contributed by atoms with Gasteiger partial charge in [-0.1, -0.05) is 36.4 Å². The van der Waals surface area contributed by atoms with Gasteiger partial charge in [0.2, 0.25) is 0 Å². The van der Waals surface area contributed by atoms with E-state index in [1.54, 1.807) is 24.3 Å². The van der Waals surface area contributed by atoms with Crippen LogP contribution in [0.25, 0.3) is 24.3 Å². The highest BCUT2D eigenvalue weighted by Crippen LogP contribution is 2.41. The summed E-state index contributed by atoms with van der Waals surface area (Å²) in [7, 11) is 0. The normalized spacial score (nSPS) is 11.2. The van der Waals surface area contributed by atoms with E-state index in [0.29, 0.717) is 11.1 Å². The van der Waals surface area contributed by atoms with Crippen LogP contribution in [-0.4, -0.2) is 40.9 Å². The summed E-state index contributed by atoms with van der Waals surface area (Å²) < 4.78 is 0. The van der Waals surface area contributed by atoms with Crippen molar-refractivity contribution in [3.63, 3.8) is 0 Å². The summed E-state index contributed by atoms with van der Waals surface area (Å²) >= 11 is 0. The molecular weight excluding hydrogens is 526 g/mol. The smallest absolute Gasteiger partial charge is 0.297 e. The summed E-state index contributed by atoms with van der Waals surface area (Å²) in [6.45, 7) is 11.4. The second kappa shape index (κ2) is 13.8. The first-order valence-corrected chi connectivity index (χ1v) is 13.3. The van der Waals surface area contributed by atoms with Gasteiger partial charge >= 0.3 is 0 Å². The van der Waals surface area contributed by atoms with Gasteiger partial charge in [0.15, 0.2) is 0 Å². The Morgan fingerprint density at radius 2 is 0.902 bits per heavy atom. The summed E-state index contributed by atoms with van der Waals surface area (Å²) in [4.78, 5) is 37.9. The van der Waals surface area contributed by atoms with Crippen molar-refractivity contribution in [1.82, 2.24) is 0 Å². The van der Waals surface area contributed by atoms with Gasteiger partial charge in [0.1, 0.15) is 11.1 Å². The molecule has 0 fully saturated rings. The Bertz CT molecular complexity index is 1360. The van der Waals surface area contributed by atoms with Crippen molar-refractivity contribution in [2.45, 2.75) is 27.7 Å². The van der Waals surface area contributed by atoms with Crippen molar-refractivity contribution in [3.05, 3.63) is 107 Å². The van der Waals surface area contributed by atoms with Gasteiger partial charge in [-0.25, -0.2) is 0 Å². The van der Waals surface area contributed by atoms with E-state index >= 15 is 0 Å². The summed E-state index contributed by atoms with van der Waals surface area (Å²) in [5, 5.41) is 36.1. The van der Waals surface area contributed by atoms with Crippen LogP contribution in [-0.2, 0) is 0 Å². The van der Waals surface area contributed by atoms with E-state index in [2.05, 4.69) is 9.80 Å². The zero-order chi connectivity index (χ0) is 30.1. The molecule has 3 aromatic rings. The molecule has 0 bridgehead atoms. The van der Waals surface area contributed by atoms with Gasteiger partial charge in [0.05, 0.1) is 20.8 Å². The third-order valence-corrected chi connectivity index (χ3v) is 6.84. The molecule has 0 aliphatic rings. The summed E-state index contributed by atoms with van der Waals surface area (Å²) in [6, 6.07) is 15.6. The van der Waals surface area contributed by atoms with E-state index in [1.165, 1.54) is 24.3 Å². The Kier molecular flexibility index (Phi) is 10.3. The molecule has 41 heavy (non-hydrogen) atoms. The Morgan fingerprint density at radius 1 is 0.561 bits per heavy atom. The molecule has 0 amide bonds. The van der Waals surface area contributed by atoms with Crippen LogP contribution in [0.1, 0.15) is 49.9 Å². The van der Waals surface area contributed by atoms with Gasteiger partial charge in [-0.2, -0.15) is 0 Å². The van der Waals surface area contributed by atoms with Gasteiger partial charge < -0.3 is 9.80 Å². The highest BCUT2D eigenvalue weighted by molar-refractivity contribution is 5.89. The van der Waals surface area contributed by atoms with E-state index in [0.717, 1.165) is 43.6 Å². The van der Waals surface area contributed by atoms with Gasteiger partial charge in [-0.05, 0) is 75.2 Å². The van der Waals surface area contributed by atoms with Gasteiger partial charge in [-0.3, -0.25) is 30.3 Å². The number of nitrogens with zero attached hydrogens (tertiary/aromatic N) is 5. The van der Waals surface area contributed by atoms with Crippen molar-refractivity contribution < 1.29 is 14.8 Å². The summed E-state index contributed by atoms with van der Waals surface area (Å²) in [5.41, 5.74) is 0.513. The van der Waals surface area contributed by atoms with Crippen molar-refractivity contribution in [3.8, 4) is 0 Å². The van der Waals surface area contributed by atoms with Crippen molar-refractivity contribution in [2.24, 2.45) is 0 Å². The first kappa shape index (κ1) is 30.5. The molecule has 0 aromatic heterocycles. The maximum atomic E-state index is 12.3. The lowest BCUT2D eigenvalue weighted by Crippen LogP contribution is -2.21. The molecule has 0 saturated carbocycles. The number of rotatable bonds is 13. The Labute approximate surface area is 238 Å². The van der Waals surface area contributed by atoms with Gasteiger partial charge in [0, 0.05) is 37.6 Å². The molecule has 3 rings (SSSR count). The van der Waals surface area contributed by atoms with Crippen LogP contribution in [0, 0.1) is 30.3 Å². The fraction of sp³-hybridized carbons (Fsp3) is 0.267. The molecule has 0 unspecified atom stereocenters. The van der Waals surface area contributed by atoms with Crippen LogP contribution in [0.5, 0.6) is 0 Å². The molecule has 11 nitrogen and oxygen atoms in total. The largest absolute Gasteiger partial charge is 0.372 e. The number of benzene rings is 3. The lowest BCUT2D eigenvalue weighted by Gasteiger charge is -2.20. The molecule has 0 aliphatic heterocycles. The zero-order valence-corrected chi connectivity index (χ0v) is 23.5. The first-order valence-electron chi connectivity index (χ1n) is 13.3. The topological polar surface area (TPSA) is 136 Å². The molecule has 3 aromatic carbocycles. The van der Waals surface area contributed by atoms with Crippen LogP contribution in [0.15, 0.2) is 54.6 Å². The van der Waals surface area contributed by atoms with Crippen molar-refractivity contribution in [1.29, 1.82) is 0 Å². The van der Waals surface area contributed by atoms with Crippen LogP contribution in [0.2, 0.25) is 0 Å². The lowest BCUT2D eigenvalue weighted by molar-refractivity contribution is -0.403. The highest BCUT2D eigenvalue weighted by atomic mass is 16.6. The molecule has 0 saturated heterocycles. The van der Waals surface area contributed by atoms with Crippen LogP contribution in [0.3, 0.4) is 0 Å². The van der Waals surface area contributed by atoms with E-state index in [9.17, 15) is 30.3 Å². The van der Waals surface area contributed by atoms with E-state index < -0.39 is 31.8 Å². The Morgan fingerprint density at radius 3 is 1.17 bits per heavy atom. The Hall–Kier alpha value is -5.06. The molecule has 0 N–H and O–H groups in total.